The number of nitrogen functional groups attached to an aromatic ring is 1. The summed E-state index contributed by atoms with van der Waals surface area (Å²) in [5, 5.41) is 10.4. The lowest BCUT2D eigenvalue weighted by Gasteiger charge is -2.29. The van der Waals surface area contributed by atoms with Crippen molar-refractivity contribution in [2.24, 2.45) is 11.7 Å². The summed E-state index contributed by atoms with van der Waals surface area (Å²) in [6, 6.07) is 23.3. The molecule has 3 aromatic carbocycles. The van der Waals surface area contributed by atoms with E-state index < -0.39 is 0 Å². The molecule has 4 rings (SSSR count). The fourth-order valence-corrected chi connectivity index (χ4v) is 4.51. The Morgan fingerprint density at radius 3 is 2.28 bits per heavy atom. The average molecular weight is 485 g/mol. The van der Waals surface area contributed by atoms with Gasteiger partial charge in [-0.2, -0.15) is 0 Å². The molecule has 1 saturated carbocycles. The van der Waals surface area contributed by atoms with E-state index in [-0.39, 0.29) is 24.2 Å². The number of carbonyl (C=O) groups is 2. The maximum absolute atomic E-state index is 13.6. The van der Waals surface area contributed by atoms with Crippen molar-refractivity contribution in [2.75, 3.05) is 18.4 Å². The van der Waals surface area contributed by atoms with Gasteiger partial charge in [-0.3, -0.25) is 15.0 Å². The minimum atomic E-state index is -0.272. The minimum absolute atomic E-state index is 0.0318. The number of para-hydroxylation sites is 1. The molecule has 7 heteroatoms. The molecule has 0 radical (unpaired) electrons. The number of carbonyl (C=O) groups excluding carboxylic acids is 2. The van der Waals surface area contributed by atoms with Crippen molar-refractivity contribution in [1.29, 1.82) is 5.41 Å². The highest BCUT2D eigenvalue weighted by atomic mass is 16.5. The van der Waals surface area contributed by atoms with E-state index in [9.17, 15) is 9.59 Å². The van der Waals surface area contributed by atoms with Crippen molar-refractivity contribution >= 4 is 23.3 Å². The monoisotopic (exact) mass is 484 g/mol. The molecule has 0 aliphatic heterocycles. The van der Waals surface area contributed by atoms with Crippen LogP contribution in [0.15, 0.2) is 78.9 Å². The van der Waals surface area contributed by atoms with Crippen LogP contribution in [0, 0.1) is 11.3 Å². The van der Waals surface area contributed by atoms with Gasteiger partial charge in [0.25, 0.3) is 5.91 Å². The molecule has 1 aliphatic rings. The molecule has 1 aliphatic carbocycles. The fourth-order valence-electron chi connectivity index (χ4n) is 4.51. The molecule has 1 fully saturated rings. The third-order valence-corrected chi connectivity index (χ3v) is 6.36. The number of benzene rings is 3. The Morgan fingerprint density at radius 2 is 1.58 bits per heavy atom. The van der Waals surface area contributed by atoms with Crippen molar-refractivity contribution in [1.82, 2.24) is 4.90 Å². The zero-order chi connectivity index (χ0) is 25.3. The lowest BCUT2D eigenvalue weighted by Crippen LogP contribution is -2.41. The van der Waals surface area contributed by atoms with Crippen LogP contribution in [0.3, 0.4) is 0 Å². The molecule has 3 aromatic rings. The first-order chi connectivity index (χ1) is 17.5. The van der Waals surface area contributed by atoms with E-state index in [1.54, 1.807) is 47.4 Å². The minimum Gasteiger partial charge on any atom is -0.457 e. The van der Waals surface area contributed by atoms with Gasteiger partial charge in [0.15, 0.2) is 0 Å². The van der Waals surface area contributed by atoms with Gasteiger partial charge in [0.05, 0.1) is 0 Å². The summed E-state index contributed by atoms with van der Waals surface area (Å²) in [5.41, 5.74) is 7.16. The van der Waals surface area contributed by atoms with E-state index in [2.05, 4.69) is 5.32 Å². The van der Waals surface area contributed by atoms with Crippen LogP contribution in [0.2, 0.25) is 0 Å². The van der Waals surface area contributed by atoms with Crippen LogP contribution in [0.25, 0.3) is 0 Å². The van der Waals surface area contributed by atoms with Gasteiger partial charge in [-0.25, -0.2) is 0 Å². The molecule has 0 aromatic heterocycles. The normalized spacial score (nSPS) is 13.6. The second kappa shape index (κ2) is 12.0. The molecule has 2 amide bonds. The van der Waals surface area contributed by atoms with E-state index in [1.807, 2.05) is 36.4 Å². The first kappa shape index (κ1) is 25.0. The largest absolute Gasteiger partial charge is 0.457 e. The van der Waals surface area contributed by atoms with Crippen LogP contribution >= 0.6 is 0 Å². The Balaban J connectivity index is 1.48. The predicted octanol–water partition coefficient (Wildman–Crippen LogP) is 5.42. The van der Waals surface area contributed by atoms with Crippen LogP contribution < -0.4 is 15.8 Å². The van der Waals surface area contributed by atoms with Gasteiger partial charge in [0.1, 0.15) is 23.9 Å². The van der Waals surface area contributed by atoms with Crippen LogP contribution in [-0.4, -0.2) is 35.6 Å². The predicted molar refractivity (Wildman–Crippen MR) is 142 cm³/mol. The standard InChI is InChI=1S/C29H32N4O3/c30-28(31)22-14-16-24(17-15-22)32-27(34)20-33(19-21-8-3-1-4-9-21)29(35)23-10-7-13-26(18-23)36-25-11-5-2-6-12-25/h2,5-7,10-18,21H,1,3-4,8-9,19-20H2,(H3,30,31)(H,32,34). The number of ether oxygens (including phenoxy) is 1. The molecule has 4 N–H and O–H groups in total. The van der Waals surface area contributed by atoms with Crippen molar-refractivity contribution in [3.05, 3.63) is 90.0 Å². The zero-order valence-corrected chi connectivity index (χ0v) is 20.3. The Kier molecular flexibility index (Phi) is 8.34. The van der Waals surface area contributed by atoms with Crippen LogP contribution in [0.5, 0.6) is 11.5 Å². The third-order valence-electron chi connectivity index (χ3n) is 6.36. The van der Waals surface area contributed by atoms with Gasteiger partial charge in [-0.1, -0.05) is 43.5 Å². The number of amides is 2. The topological polar surface area (TPSA) is 109 Å². The number of nitrogens with one attached hydrogen (secondary N) is 2. The Morgan fingerprint density at radius 1 is 0.889 bits per heavy atom. The molecular weight excluding hydrogens is 452 g/mol. The van der Waals surface area contributed by atoms with Crippen LogP contribution in [0.4, 0.5) is 5.69 Å². The highest BCUT2D eigenvalue weighted by Gasteiger charge is 2.24. The molecule has 36 heavy (non-hydrogen) atoms. The van der Waals surface area contributed by atoms with E-state index >= 15 is 0 Å². The molecule has 0 saturated heterocycles. The number of rotatable bonds is 9. The van der Waals surface area contributed by atoms with E-state index in [1.165, 1.54) is 6.42 Å². The van der Waals surface area contributed by atoms with Gasteiger partial charge in [0.2, 0.25) is 5.91 Å². The second-order valence-electron chi connectivity index (χ2n) is 9.17. The highest BCUT2D eigenvalue weighted by Crippen LogP contribution is 2.26. The molecule has 0 spiro atoms. The van der Waals surface area contributed by atoms with E-state index in [4.69, 9.17) is 15.9 Å². The molecule has 0 unspecified atom stereocenters. The van der Waals surface area contributed by atoms with Gasteiger partial charge in [0, 0.05) is 23.4 Å². The number of nitrogens with zero attached hydrogens (tertiary/aromatic N) is 1. The summed E-state index contributed by atoms with van der Waals surface area (Å²) in [4.78, 5) is 28.2. The second-order valence-corrected chi connectivity index (χ2v) is 9.17. The lowest BCUT2D eigenvalue weighted by molar-refractivity contribution is -0.117. The maximum Gasteiger partial charge on any atom is 0.254 e. The molecular formula is C29H32N4O3. The van der Waals surface area contributed by atoms with Gasteiger partial charge < -0.3 is 20.7 Å². The van der Waals surface area contributed by atoms with E-state index in [0.29, 0.717) is 40.8 Å². The quantitative estimate of drug-likeness (QED) is 0.278. The molecule has 0 heterocycles. The summed E-state index contributed by atoms with van der Waals surface area (Å²) in [6.45, 7) is 0.493. The van der Waals surface area contributed by atoms with Crippen molar-refractivity contribution in [2.45, 2.75) is 32.1 Å². The summed E-state index contributed by atoms with van der Waals surface area (Å²) in [7, 11) is 0. The Hall–Kier alpha value is -4.13. The summed E-state index contributed by atoms with van der Waals surface area (Å²) in [5.74, 6) is 1.15. The molecule has 0 atom stereocenters. The summed E-state index contributed by atoms with van der Waals surface area (Å²) in [6.07, 6.45) is 5.66. The Labute approximate surface area is 211 Å². The first-order valence-electron chi connectivity index (χ1n) is 12.3. The lowest BCUT2D eigenvalue weighted by atomic mass is 9.89. The maximum atomic E-state index is 13.6. The van der Waals surface area contributed by atoms with Crippen LogP contribution in [0.1, 0.15) is 48.0 Å². The number of hydrogen-bond acceptors (Lipinski definition) is 4. The number of nitrogens with two attached hydrogens (primary N) is 1. The van der Waals surface area contributed by atoms with Gasteiger partial charge >= 0.3 is 0 Å². The summed E-state index contributed by atoms with van der Waals surface area (Å²) < 4.78 is 5.91. The molecule has 0 bridgehead atoms. The summed E-state index contributed by atoms with van der Waals surface area (Å²) >= 11 is 0. The number of hydrogen-bond donors (Lipinski definition) is 3. The SMILES string of the molecule is N=C(N)c1ccc(NC(=O)CN(CC2CCCCC2)C(=O)c2cccc(Oc3ccccc3)c2)cc1. The highest BCUT2D eigenvalue weighted by molar-refractivity contribution is 6.00. The van der Waals surface area contributed by atoms with Gasteiger partial charge in [-0.05, 0) is 73.4 Å². The fraction of sp³-hybridized carbons (Fsp3) is 0.276. The average Bonchev–Trinajstić information content (AvgIpc) is 2.89. The number of anilines is 1. The van der Waals surface area contributed by atoms with Crippen molar-refractivity contribution in [3.8, 4) is 11.5 Å². The third kappa shape index (κ3) is 6.95. The smallest absolute Gasteiger partial charge is 0.254 e. The Bertz CT molecular complexity index is 1190. The van der Waals surface area contributed by atoms with Crippen molar-refractivity contribution < 1.29 is 14.3 Å². The molecule has 7 nitrogen and oxygen atoms in total. The van der Waals surface area contributed by atoms with Crippen molar-refractivity contribution in [3.63, 3.8) is 0 Å². The van der Waals surface area contributed by atoms with E-state index in [0.717, 1.165) is 25.7 Å². The first-order valence-corrected chi connectivity index (χ1v) is 12.3. The van der Waals surface area contributed by atoms with Gasteiger partial charge in [-0.15, -0.1) is 0 Å². The number of amidine groups is 1. The zero-order valence-electron chi connectivity index (χ0n) is 20.3. The molecule has 186 valence electrons. The van der Waals surface area contributed by atoms with Crippen LogP contribution in [-0.2, 0) is 4.79 Å².